The number of carbonyl (C=O) groups excluding carboxylic acids is 1. The third-order valence-electron chi connectivity index (χ3n) is 2.87. The Balaban J connectivity index is 2.41. The van der Waals surface area contributed by atoms with Crippen LogP contribution in [0.1, 0.15) is 32.6 Å². The summed E-state index contributed by atoms with van der Waals surface area (Å²) in [6.45, 7) is 2.96. The number of nitrogens with two attached hydrogens (primary N) is 1. The number of nitrogens with one attached hydrogen (secondary N) is 1. The van der Waals surface area contributed by atoms with Crippen LogP contribution in [0, 0.1) is 11.8 Å². The minimum Gasteiger partial charge on any atom is -0.330 e. The van der Waals surface area contributed by atoms with Crippen molar-refractivity contribution in [2.24, 2.45) is 17.6 Å². The molecule has 4 heteroatoms. The molecule has 1 aliphatic rings. The van der Waals surface area contributed by atoms with Crippen molar-refractivity contribution in [3.05, 3.63) is 0 Å². The van der Waals surface area contributed by atoms with E-state index in [1.807, 2.05) is 6.92 Å². The topological polar surface area (TPSA) is 64.3 Å². The van der Waals surface area contributed by atoms with E-state index in [2.05, 4.69) is 5.48 Å². The van der Waals surface area contributed by atoms with Crippen LogP contribution >= 0.6 is 0 Å². The number of hydrogen-bond acceptors (Lipinski definition) is 3. The molecule has 0 aliphatic heterocycles. The van der Waals surface area contributed by atoms with Gasteiger partial charge in [0.15, 0.2) is 0 Å². The highest BCUT2D eigenvalue weighted by Gasteiger charge is 2.29. The normalized spacial score (nSPS) is 27.3. The van der Waals surface area contributed by atoms with Crippen LogP contribution in [-0.4, -0.2) is 19.1 Å². The average Bonchev–Trinajstić information content (AvgIpc) is 2.25. The second-order valence-corrected chi connectivity index (χ2v) is 3.79. The first kappa shape index (κ1) is 11.5. The molecule has 3 N–H and O–H groups in total. The molecule has 2 atom stereocenters. The van der Waals surface area contributed by atoms with Crippen LogP contribution in [0.3, 0.4) is 0 Å². The highest BCUT2D eigenvalue weighted by Crippen LogP contribution is 2.29. The Kier molecular flexibility index (Phi) is 4.90. The van der Waals surface area contributed by atoms with E-state index in [0.717, 1.165) is 19.3 Å². The number of amides is 1. The largest absolute Gasteiger partial charge is 0.330 e. The van der Waals surface area contributed by atoms with Crippen LogP contribution in [0.4, 0.5) is 0 Å². The van der Waals surface area contributed by atoms with E-state index in [1.54, 1.807) is 0 Å². The van der Waals surface area contributed by atoms with Gasteiger partial charge in [-0.15, -0.1) is 0 Å². The maximum atomic E-state index is 11.6. The van der Waals surface area contributed by atoms with E-state index in [9.17, 15) is 4.79 Å². The fourth-order valence-electron chi connectivity index (χ4n) is 2.05. The quantitative estimate of drug-likeness (QED) is 0.660. The fraction of sp³-hybridized carbons (Fsp3) is 0.900. The van der Waals surface area contributed by atoms with Crippen LogP contribution in [0.25, 0.3) is 0 Å². The van der Waals surface area contributed by atoms with Crippen molar-refractivity contribution >= 4 is 5.91 Å². The Morgan fingerprint density at radius 1 is 1.50 bits per heavy atom. The molecule has 1 aliphatic carbocycles. The molecule has 0 aromatic heterocycles. The molecule has 4 nitrogen and oxygen atoms in total. The fourth-order valence-corrected chi connectivity index (χ4v) is 2.05. The SMILES string of the molecule is CCONC(=O)C1CCCCC1CN. The van der Waals surface area contributed by atoms with Gasteiger partial charge in [0.05, 0.1) is 6.61 Å². The first-order valence-corrected chi connectivity index (χ1v) is 5.41. The Labute approximate surface area is 85.1 Å². The molecule has 14 heavy (non-hydrogen) atoms. The smallest absolute Gasteiger partial charge is 0.246 e. The Morgan fingerprint density at radius 2 is 2.21 bits per heavy atom. The molecule has 0 aromatic carbocycles. The van der Waals surface area contributed by atoms with Gasteiger partial charge in [-0.1, -0.05) is 12.8 Å². The average molecular weight is 200 g/mol. The monoisotopic (exact) mass is 200 g/mol. The lowest BCUT2D eigenvalue weighted by Crippen LogP contribution is -2.39. The molecule has 1 fully saturated rings. The Hall–Kier alpha value is -0.610. The minimum absolute atomic E-state index is 0.00185. The van der Waals surface area contributed by atoms with Crippen molar-refractivity contribution in [1.29, 1.82) is 0 Å². The van der Waals surface area contributed by atoms with E-state index in [4.69, 9.17) is 10.6 Å². The summed E-state index contributed by atoms with van der Waals surface area (Å²) >= 11 is 0. The molecule has 0 spiro atoms. The summed E-state index contributed by atoms with van der Waals surface area (Å²) in [5.74, 6) is 0.395. The second kappa shape index (κ2) is 5.98. The van der Waals surface area contributed by atoms with Gasteiger partial charge in [-0.2, -0.15) is 0 Å². The van der Waals surface area contributed by atoms with Crippen LogP contribution < -0.4 is 11.2 Å². The lowest BCUT2D eigenvalue weighted by atomic mass is 9.79. The van der Waals surface area contributed by atoms with Crippen molar-refractivity contribution in [2.45, 2.75) is 32.6 Å². The molecule has 0 radical (unpaired) electrons. The molecule has 82 valence electrons. The highest BCUT2D eigenvalue weighted by molar-refractivity contribution is 5.78. The van der Waals surface area contributed by atoms with Crippen LogP contribution in [0.2, 0.25) is 0 Å². The van der Waals surface area contributed by atoms with Crippen molar-refractivity contribution in [1.82, 2.24) is 5.48 Å². The highest BCUT2D eigenvalue weighted by atomic mass is 16.6. The van der Waals surface area contributed by atoms with Crippen LogP contribution in [0.5, 0.6) is 0 Å². The van der Waals surface area contributed by atoms with Gasteiger partial charge in [-0.25, -0.2) is 5.48 Å². The molecular formula is C10H20N2O2. The summed E-state index contributed by atoms with van der Waals surface area (Å²) in [5, 5.41) is 0. The molecule has 1 rings (SSSR count). The maximum Gasteiger partial charge on any atom is 0.246 e. The standard InChI is InChI=1S/C10H20N2O2/c1-2-14-12-10(13)9-6-4-3-5-8(9)7-11/h8-9H,2-7,11H2,1H3,(H,12,13). The van der Waals surface area contributed by atoms with Gasteiger partial charge in [-0.3, -0.25) is 9.63 Å². The maximum absolute atomic E-state index is 11.6. The van der Waals surface area contributed by atoms with Crippen LogP contribution in [-0.2, 0) is 9.63 Å². The Bertz CT molecular complexity index is 185. The van der Waals surface area contributed by atoms with Crippen LogP contribution in [0.15, 0.2) is 0 Å². The van der Waals surface area contributed by atoms with Gasteiger partial charge >= 0.3 is 0 Å². The number of hydrogen-bond donors (Lipinski definition) is 2. The molecule has 0 saturated heterocycles. The first-order valence-electron chi connectivity index (χ1n) is 5.41. The molecule has 1 amide bonds. The summed E-state index contributed by atoms with van der Waals surface area (Å²) in [7, 11) is 0. The number of carbonyl (C=O) groups is 1. The van der Waals surface area contributed by atoms with Gasteiger partial charge in [0.2, 0.25) is 5.91 Å². The van der Waals surface area contributed by atoms with Crippen molar-refractivity contribution in [3.63, 3.8) is 0 Å². The van der Waals surface area contributed by atoms with Crippen molar-refractivity contribution in [2.75, 3.05) is 13.2 Å². The summed E-state index contributed by atoms with van der Waals surface area (Å²) in [4.78, 5) is 16.5. The van der Waals surface area contributed by atoms with Gasteiger partial charge in [0.1, 0.15) is 0 Å². The van der Waals surface area contributed by atoms with Crippen molar-refractivity contribution < 1.29 is 9.63 Å². The van der Waals surface area contributed by atoms with E-state index in [-0.39, 0.29) is 11.8 Å². The molecular weight excluding hydrogens is 180 g/mol. The van der Waals surface area contributed by atoms with E-state index >= 15 is 0 Å². The minimum atomic E-state index is 0.00185. The summed E-state index contributed by atoms with van der Waals surface area (Å²) < 4.78 is 0. The summed E-state index contributed by atoms with van der Waals surface area (Å²) in [6, 6.07) is 0. The molecule has 0 bridgehead atoms. The second-order valence-electron chi connectivity index (χ2n) is 3.79. The van der Waals surface area contributed by atoms with Crippen molar-refractivity contribution in [3.8, 4) is 0 Å². The zero-order valence-electron chi connectivity index (χ0n) is 8.79. The molecule has 0 heterocycles. The zero-order valence-corrected chi connectivity index (χ0v) is 8.79. The van der Waals surface area contributed by atoms with E-state index in [1.165, 1.54) is 6.42 Å². The molecule has 2 unspecified atom stereocenters. The predicted molar refractivity (Wildman–Crippen MR) is 54.3 cm³/mol. The zero-order chi connectivity index (χ0) is 10.4. The summed E-state index contributed by atoms with van der Waals surface area (Å²) in [5.41, 5.74) is 8.11. The lowest BCUT2D eigenvalue weighted by molar-refractivity contribution is -0.140. The molecule has 0 aromatic rings. The number of rotatable bonds is 4. The van der Waals surface area contributed by atoms with Gasteiger partial charge in [0, 0.05) is 5.92 Å². The summed E-state index contributed by atoms with van der Waals surface area (Å²) in [6.07, 6.45) is 4.34. The van der Waals surface area contributed by atoms with Gasteiger partial charge < -0.3 is 5.73 Å². The van der Waals surface area contributed by atoms with Gasteiger partial charge in [0.25, 0.3) is 0 Å². The number of hydroxylamine groups is 1. The first-order chi connectivity index (χ1) is 6.79. The predicted octanol–water partition coefficient (Wildman–Crippen LogP) is 0.819. The van der Waals surface area contributed by atoms with E-state index < -0.39 is 0 Å². The van der Waals surface area contributed by atoms with Gasteiger partial charge in [-0.05, 0) is 32.2 Å². The molecule has 1 saturated carbocycles. The van der Waals surface area contributed by atoms with E-state index in [0.29, 0.717) is 19.1 Å². The third-order valence-corrected chi connectivity index (χ3v) is 2.87. The Morgan fingerprint density at radius 3 is 2.86 bits per heavy atom. The lowest BCUT2D eigenvalue weighted by Gasteiger charge is -2.29. The third kappa shape index (κ3) is 2.96.